The second-order valence-corrected chi connectivity index (χ2v) is 12.0. The van der Waals surface area contributed by atoms with Crippen LogP contribution in [-0.2, 0) is 21.2 Å². The summed E-state index contributed by atoms with van der Waals surface area (Å²) in [5.74, 6) is -0.199. The number of carbonyl (C=O) groups is 1. The molecule has 0 aliphatic carbocycles. The predicted molar refractivity (Wildman–Crippen MR) is 158 cm³/mol. The molecule has 0 aromatic heterocycles. The monoisotopic (exact) mass is 553 g/mol. The average Bonchev–Trinajstić information content (AvgIpc) is 2.99. The Morgan fingerprint density at radius 1 is 0.725 bits per heavy atom. The van der Waals surface area contributed by atoms with Gasteiger partial charge in [0.1, 0.15) is 6.04 Å². The summed E-state index contributed by atoms with van der Waals surface area (Å²) in [4.78, 5) is 18.2. The van der Waals surface area contributed by atoms with Crippen LogP contribution in [0.5, 0.6) is 0 Å². The molecule has 1 saturated heterocycles. The average molecular weight is 554 g/mol. The maximum atomic E-state index is 13.9. The van der Waals surface area contributed by atoms with Gasteiger partial charge in [0.25, 0.3) is 0 Å². The molecule has 1 N–H and O–H groups in total. The molecule has 1 heterocycles. The van der Waals surface area contributed by atoms with E-state index in [1.807, 2.05) is 49.4 Å². The van der Waals surface area contributed by atoms with Gasteiger partial charge in [0.05, 0.1) is 10.9 Å². The van der Waals surface area contributed by atoms with E-state index in [-0.39, 0.29) is 23.3 Å². The van der Waals surface area contributed by atoms with Crippen molar-refractivity contribution in [2.24, 2.45) is 0 Å². The quantitative estimate of drug-likeness (QED) is 0.323. The zero-order valence-electron chi connectivity index (χ0n) is 22.7. The highest BCUT2D eigenvalue weighted by Crippen LogP contribution is 2.29. The number of nitrogens with zero attached hydrogens (tertiary/aromatic N) is 2. The molecule has 0 spiro atoms. The first-order valence-electron chi connectivity index (χ1n) is 13.7. The van der Waals surface area contributed by atoms with Crippen LogP contribution < -0.4 is 4.72 Å². The van der Waals surface area contributed by atoms with Crippen molar-refractivity contribution in [3.63, 3.8) is 0 Å². The molecule has 206 valence electrons. The minimum atomic E-state index is -3.88. The van der Waals surface area contributed by atoms with Gasteiger partial charge in [-0.25, -0.2) is 8.42 Å². The second kappa shape index (κ2) is 12.6. The van der Waals surface area contributed by atoms with Crippen molar-refractivity contribution in [3.8, 4) is 0 Å². The van der Waals surface area contributed by atoms with Crippen molar-refractivity contribution in [1.29, 1.82) is 0 Å². The first-order chi connectivity index (χ1) is 19.4. The number of benzene rings is 4. The van der Waals surface area contributed by atoms with Crippen molar-refractivity contribution >= 4 is 15.9 Å². The molecular weight excluding hydrogens is 518 g/mol. The van der Waals surface area contributed by atoms with E-state index < -0.39 is 16.1 Å². The van der Waals surface area contributed by atoms with Crippen LogP contribution in [-0.4, -0.2) is 56.3 Å². The summed E-state index contributed by atoms with van der Waals surface area (Å²) < 4.78 is 29.3. The molecule has 5 rings (SSSR count). The van der Waals surface area contributed by atoms with Crippen LogP contribution in [0.15, 0.2) is 120 Å². The first kappa shape index (κ1) is 27.8. The fourth-order valence-corrected chi connectivity index (χ4v) is 6.50. The Morgan fingerprint density at radius 2 is 1.23 bits per heavy atom. The molecule has 1 fully saturated rings. The van der Waals surface area contributed by atoms with Crippen molar-refractivity contribution in [3.05, 3.63) is 138 Å². The van der Waals surface area contributed by atoms with E-state index in [4.69, 9.17) is 0 Å². The third kappa shape index (κ3) is 6.67. The number of carbonyl (C=O) groups excluding carboxylic acids is 1. The summed E-state index contributed by atoms with van der Waals surface area (Å²) >= 11 is 0. The summed E-state index contributed by atoms with van der Waals surface area (Å²) in [5, 5.41) is 0. The van der Waals surface area contributed by atoms with Gasteiger partial charge >= 0.3 is 0 Å². The van der Waals surface area contributed by atoms with Crippen molar-refractivity contribution in [2.45, 2.75) is 30.3 Å². The number of amides is 1. The molecule has 0 radical (unpaired) electrons. The lowest BCUT2D eigenvalue weighted by Crippen LogP contribution is -2.56. The van der Waals surface area contributed by atoms with Gasteiger partial charge in [-0.05, 0) is 42.2 Å². The van der Waals surface area contributed by atoms with E-state index in [1.54, 1.807) is 29.2 Å². The Bertz CT molecular complexity index is 1450. The zero-order valence-corrected chi connectivity index (χ0v) is 23.5. The Kier molecular flexibility index (Phi) is 8.75. The highest BCUT2D eigenvalue weighted by molar-refractivity contribution is 7.89. The van der Waals surface area contributed by atoms with Crippen LogP contribution in [0, 0.1) is 6.92 Å². The Hall–Kier alpha value is -3.78. The van der Waals surface area contributed by atoms with Crippen molar-refractivity contribution in [2.75, 3.05) is 26.2 Å². The SMILES string of the molecule is Cc1ccc(S(=O)(=O)N[C@H](Cc2ccccc2)C(=O)N2CCN(C(c3ccccc3)c3ccccc3)CC2)cc1. The highest BCUT2D eigenvalue weighted by Gasteiger charge is 2.33. The Morgan fingerprint density at radius 3 is 1.75 bits per heavy atom. The summed E-state index contributed by atoms with van der Waals surface area (Å²) in [6.45, 7) is 4.32. The van der Waals surface area contributed by atoms with E-state index >= 15 is 0 Å². The fraction of sp³-hybridized carbons (Fsp3) is 0.242. The third-order valence-corrected chi connectivity index (χ3v) is 8.92. The maximum absolute atomic E-state index is 13.9. The minimum absolute atomic E-state index is 0.0832. The number of hydrogen-bond donors (Lipinski definition) is 1. The van der Waals surface area contributed by atoms with Crippen LogP contribution in [0.3, 0.4) is 0 Å². The number of hydrogen-bond acceptors (Lipinski definition) is 4. The van der Waals surface area contributed by atoms with Crippen LogP contribution in [0.4, 0.5) is 0 Å². The zero-order chi connectivity index (χ0) is 28.0. The molecule has 1 aliphatic heterocycles. The predicted octanol–water partition coefficient (Wildman–Crippen LogP) is 4.82. The molecule has 0 saturated carbocycles. The molecule has 0 unspecified atom stereocenters. The van der Waals surface area contributed by atoms with Crippen molar-refractivity contribution in [1.82, 2.24) is 14.5 Å². The van der Waals surface area contributed by atoms with Crippen LogP contribution >= 0.6 is 0 Å². The van der Waals surface area contributed by atoms with E-state index in [9.17, 15) is 13.2 Å². The molecule has 6 nitrogen and oxygen atoms in total. The second-order valence-electron chi connectivity index (χ2n) is 10.3. The van der Waals surface area contributed by atoms with E-state index in [2.05, 4.69) is 58.2 Å². The smallest absolute Gasteiger partial charge is 0.241 e. The summed E-state index contributed by atoms with van der Waals surface area (Å²) in [7, 11) is -3.88. The van der Waals surface area contributed by atoms with Gasteiger partial charge in [0.2, 0.25) is 15.9 Å². The highest BCUT2D eigenvalue weighted by atomic mass is 32.2. The van der Waals surface area contributed by atoms with E-state index in [1.165, 1.54) is 11.1 Å². The van der Waals surface area contributed by atoms with Gasteiger partial charge in [-0.2, -0.15) is 4.72 Å². The minimum Gasteiger partial charge on any atom is -0.339 e. The lowest BCUT2D eigenvalue weighted by Gasteiger charge is -2.40. The van der Waals surface area contributed by atoms with Gasteiger partial charge in [0, 0.05) is 26.2 Å². The molecule has 4 aromatic rings. The molecule has 0 bridgehead atoms. The molecule has 1 amide bonds. The molecule has 40 heavy (non-hydrogen) atoms. The van der Waals surface area contributed by atoms with Gasteiger partial charge in [0.15, 0.2) is 0 Å². The normalized spacial score (nSPS) is 15.2. The molecule has 4 aromatic carbocycles. The standard InChI is InChI=1S/C33H35N3O3S/c1-26-17-19-30(20-18-26)40(38,39)34-31(25-27-11-5-2-6-12-27)33(37)36-23-21-35(22-24-36)32(28-13-7-3-8-14-28)29-15-9-4-10-16-29/h2-20,31-32,34H,21-25H2,1H3/t31-/m1/s1. The number of sulfonamides is 1. The fourth-order valence-electron chi connectivity index (χ4n) is 5.31. The summed E-state index contributed by atoms with van der Waals surface area (Å²) in [6, 6.07) is 36.2. The lowest BCUT2D eigenvalue weighted by molar-refractivity contribution is -0.135. The summed E-state index contributed by atoms with van der Waals surface area (Å²) in [5.41, 5.74) is 4.29. The maximum Gasteiger partial charge on any atom is 0.241 e. The van der Waals surface area contributed by atoms with Crippen molar-refractivity contribution < 1.29 is 13.2 Å². The van der Waals surface area contributed by atoms with Crippen LogP contribution in [0.25, 0.3) is 0 Å². The van der Waals surface area contributed by atoms with Gasteiger partial charge in [-0.15, -0.1) is 0 Å². The van der Waals surface area contributed by atoms with E-state index in [0.717, 1.165) is 11.1 Å². The third-order valence-electron chi connectivity index (χ3n) is 7.43. The molecule has 1 aliphatic rings. The number of rotatable bonds is 9. The van der Waals surface area contributed by atoms with Gasteiger partial charge in [-0.3, -0.25) is 9.69 Å². The van der Waals surface area contributed by atoms with E-state index in [0.29, 0.717) is 26.2 Å². The topological polar surface area (TPSA) is 69.7 Å². The van der Waals surface area contributed by atoms with Crippen LogP contribution in [0.1, 0.15) is 28.3 Å². The molecular formula is C33H35N3O3S. The number of aryl methyl sites for hydroxylation is 1. The Labute approximate surface area is 237 Å². The first-order valence-corrected chi connectivity index (χ1v) is 15.1. The van der Waals surface area contributed by atoms with Gasteiger partial charge in [-0.1, -0.05) is 109 Å². The largest absolute Gasteiger partial charge is 0.339 e. The van der Waals surface area contributed by atoms with Gasteiger partial charge < -0.3 is 4.90 Å². The summed E-state index contributed by atoms with van der Waals surface area (Å²) in [6.07, 6.45) is 0.279. The lowest BCUT2D eigenvalue weighted by atomic mass is 9.96. The molecule has 7 heteroatoms. The number of piperazine rings is 1. The Balaban J connectivity index is 1.34. The number of nitrogens with one attached hydrogen (secondary N) is 1. The van der Waals surface area contributed by atoms with Crippen LogP contribution in [0.2, 0.25) is 0 Å². The molecule has 1 atom stereocenters.